The molecule has 8 unspecified atom stereocenters. The summed E-state index contributed by atoms with van der Waals surface area (Å²) in [5, 5.41) is 19.6. The van der Waals surface area contributed by atoms with E-state index in [4.69, 9.17) is 0 Å². The molecule has 29 heavy (non-hydrogen) atoms. The zero-order chi connectivity index (χ0) is 22.2. The van der Waals surface area contributed by atoms with E-state index in [1.807, 2.05) is 41.5 Å². The number of aliphatic hydroxyl groups excluding tert-OH is 2. The first-order chi connectivity index (χ1) is 14.0. The Morgan fingerprint density at radius 1 is 0.724 bits per heavy atom. The molecule has 2 nitrogen and oxygen atoms in total. The van der Waals surface area contributed by atoms with Crippen LogP contribution in [-0.4, -0.2) is 22.9 Å². The van der Waals surface area contributed by atoms with Gasteiger partial charge in [-0.1, -0.05) is 55.4 Å². The normalized spacial score (nSPS) is 44.9. The van der Waals surface area contributed by atoms with Crippen molar-refractivity contribution in [3.63, 3.8) is 0 Å². The van der Waals surface area contributed by atoms with Crippen molar-refractivity contribution in [2.45, 2.75) is 126 Å². The van der Waals surface area contributed by atoms with Crippen LogP contribution in [0.2, 0.25) is 0 Å². The molecule has 4 aliphatic rings. The third-order valence-electron chi connectivity index (χ3n) is 9.31. The summed E-state index contributed by atoms with van der Waals surface area (Å²) in [4.78, 5) is 0. The highest BCUT2D eigenvalue weighted by molar-refractivity contribution is 5.09. The highest BCUT2D eigenvalue weighted by Gasteiger charge is 2.59. The van der Waals surface area contributed by atoms with Crippen LogP contribution in [0.25, 0.3) is 0 Å². The average molecular weight is 411 g/mol. The van der Waals surface area contributed by atoms with E-state index in [1.165, 1.54) is 44.9 Å². The van der Waals surface area contributed by atoms with Crippen LogP contribution in [0.15, 0.2) is 0 Å². The molecule has 4 fully saturated rings. The maximum atomic E-state index is 10.1. The number of hydrogen-bond donors (Lipinski definition) is 2. The molecule has 4 aliphatic carbocycles. The molecule has 0 bridgehead atoms. The van der Waals surface area contributed by atoms with Gasteiger partial charge < -0.3 is 10.2 Å². The molecule has 0 radical (unpaired) electrons. The molecule has 0 amide bonds. The van der Waals surface area contributed by atoms with E-state index < -0.39 is 0 Å². The maximum Gasteiger partial charge on any atom is 0.0543 e. The monoisotopic (exact) mass is 410 g/mol. The minimum Gasteiger partial charge on any atom is -0.396 e. The minimum atomic E-state index is -0.0288. The summed E-state index contributed by atoms with van der Waals surface area (Å²) < 4.78 is 0. The van der Waals surface area contributed by atoms with Crippen LogP contribution in [0.5, 0.6) is 0 Å². The minimum absolute atomic E-state index is 0.0288. The van der Waals surface area contributed by atoms with E-state index in [-0.39, 0.29) is 6.10 Å². The standard InChI is InChI=1S/C21H36O2.3C2H6/c1-20-11-8-19-17(18(20)6-4-14(20)9-12-22)5-3-15-13-16(23)7-10-21(15,19)2;3*1-2/h14-19,22-23H,3-13H2,1-2H3;3*1-2H3. The van der Waals surface area contributed by atoms with E-state index in [0.717, 1.165) is 48.9 Å². The van der Waals surface area contributed by atoms with Crippen LogP contribution in [0.4, 0.5) is 0 Å². The van der Waals surface area contributed by atoms with Crippen LogP contribution in [0.1, 0.15) is 120 Å². The first-order valence-electron chi connectivity index (χ1n) is 13.3. The molecule has 2 heteroatoms. The quantitative estimate of drug-likeness (QED) is 0.495. The predicted molar refractivity (Wildman–Crippen MR) is 127 cm³/mol. The Morgan fingerprint density at radius 2 is 1.31 bits per heavy atom. The molecule has 4 rings (SSSR count). The summed E-state index contributed by atoms with van der Waals surface area (Å²) in [7, 11) is 0. The Kier molecular flexibility index (Phi) is 11.2. The van der Waals surface area contributed by atoms with E-state index in [0.29, 0.717) is 17.4 Å². The van der Waals surface area contributed by atoms with Crippen LogP contribution >= 0.6 is 0 Å². The van der Waals surface area contributed by atoms with Crippen molar-refractivity contribution < 1.29 is 10.2 Å². The molecule has 2 N–H and O–H groups in total. The van der Waals surface area contributed by atoms with E-state index in [1.54, 1.807) is 0 Å². The molecule has 0 spiro atoms. The smallest absolute Gasteiger partial charge is 0.0543 e. The summed E-state index contributed by atoms with van der Waals surface area (Å²) in [6.07, 6.45) is 12.7. The van der Waals surface area contributed by atoms with Crippen molar-refractivity contribution in [3.05, 3.63) is 0 Å². The summed E-state index contributed by atoms with van der Waals surface area (Å²) >= 11 is 0. The fraction of sp³-hybridized carbons (Fsp3) is 1.00. The van der Waals surface area contributed by atoms with Crippen molar-refractivity contribution in [2.75, 3.05) is 6.61 Å². The zero-order valence-corrected chi connectivity index (χ0v) is 21.1. The Bertz CT molecular complexity index is 450. The van der Waals surface area contributed by atoms with Crippen molar-refractivity contribution in [3.8, 4) is 0 Å². The van der Waals surface area contributed by atoms with Gasteiger partial charge in [0.1, 0.15) is 0 Å². The summed E-state index contributed by atoms with van der Waals surface area (Å²) in [6.45, 7) is 17.5. The largest absolute Gasteiger partial charge is 0.396 e. The Hall–Kier alpha value is -0.0800. The Balaban J connectivity index is 0.000000644. The average Bonchev–Trinajstić information content (AvgIpc) is 3.10. The highest BCUT2D eigenvalue weighted by Crippen LogP contribution is 2.67. The van der Waals surface area contributed by atoms with E-state index >= 15 is 0 Å². The predicted octanol–water partition coefficient (Wildman–Crippen LogP) is 7.47. The van der Waals surface area contributed by atoms with Gasteiger partial charge in [0.15, 0.2) is 0 Å². The molecular formula is C27H54O2. The zero-order valence-electron chi connectivity index (χ0n) is 21.1. The summed E-state index contributed by atoms with van der Waals surface area (Å²) in [6, 6.07) is 0. The lowest BCUT2D eigenvalue weighted by atomic mass is 9.44. The number of hydrogen-bond acceptors (Lipinski definition) is 2. The van der Waals surface area contributed by atoms with Gasteiger partial charge >= 0.3 is 0 Å². The molecular weight excluding hydrogens is 356 g/mol. The third kappa shape index (κ3) is 5.05. The lowest BCUT2D eigenvalue weighted by molar-refractivity contribution is -0.127. The molecule has 4 saturated carbocycles. The van der Waals surface area contributed by atoms with Crippen LogP contribution in [0.3, 0.4) is 0 Å². The van der Waals surface area contributed by atoms with Gasteiger partial charge in [-0.3, -0.25) is 0 Å². The molecule has 8 atom stereocenters. The van der Waals surface area contributed by atoms with Crippen molar-refractivity contribution in [1.82, 2.24) is 0 Å². The molecule has 0 aromatic carbocycles. The second-order valence-electron chi connectivity index (χ2n) is 9.92. The topological polar surface area (TPSA) is 40.5 Å². The van der Waals surface area contributed by atoms with Crippen LogP contribution in [0, 0.1) is 40.4 Å². The number of aliphatic hydroxyl groups is 2. The second-order valence-corrected chi connectivity index (χ2v) is 9.92. The van der Waals surface area contributed by atoms with Gasteiger partial charge in [-0.05, 0) is 105 Å². The van der Waals surface area contributed by atoms with Gasteiger partial charge in [0.25, 0.3) is 0 Å². The van der Waals surface area contributed by atoms with Crippen molar-refractivity contribution in [1.29, 1.82) is 0 Å². The van der Waals surface area contributed by atoms with Gasteiger partial charge in [-0.2, -0.15) is 0 Å². The first-order valence-corrected chi connectivity index (χ1v) is 13.3. The SMILES string of the molecule is CC.CC.CC.CC12CCC3C(CCC4CC(O)CCC43C)C1CCC2CCO. The summed E-state index contributed by atoms with van der Waals surface area (Å²) in [5.41, 5.74) is 1.000. The molecule has 174 valence electrons. The molecule has 0 aliphatic heterocycles. The van der Waals surface area contributed by atoms with Crippen molar-refractivity contribution in [2.24, 2.45) is 40.4 Å². The van der Waals surface area contributed by atoms with E-state index in [9.17, 15) is 10.2 Å². The molecule has 0 aromatic rings. The van der Waals surface area contributed by atoms with Crippen LogP contribution < -0.4 is 0 Å². The highest BCUT2D eigenvalue weighted by atomic mass is 16.3. The number of rotatable bonds is 2. The molecule has 0 heterocycles. The molecule has 0 saturated heterocycles. The first kappa shape index (κ1) is 27.0. The fourth-order valence-electron chi connectivity index (χ4n) is 7.97. The van der Waals surface area contributed by atoms with Crippen LogP contribution in [-0.2, 0) is 0 Å². The third-order valence-corrected chi connectivity index (χ3v) is 9.31. The lowest BCUT2D eigenvalue weighted by Crippen LogP contribution is -2.53. The molecule has 0 aromatic heterocycles. The van der Waals surface area contributed by atoms with Gasteiger partial charge in [-0.15, -0.1) is 0 Å². The van der Waals surface area contributed by atoms with Gasteiger partial charge in [-0.25, -0.2) is 0 Å². The Morgan fingerprint density at radius 3 is 1.93 bits per heavy atom. The van der Waals surface area contributed by atoms with Gasteiger partial charge in [0.2, 0.25) is 0 Å². The van der Waals surface area contributed by atoms with Gasteiger partial charge in [0, 0.05) is 6.61 Å². The van der Waals surface area contributed by atoms with Gasteiger partial charge in [0.05, 0.1) is 6.10 Å². The maximum absolute atomic E-state index is 10.1. The van der Waals surface area contributed by atoms with E-state index in [2.05, 4.69) is 13.8 Å². The lowest BCUT2D eigenvalue weighted by Gasteiger charge is -2.61. The Labute approximate surface area is 183 Å². The number of fused-ring (bicyclic) bond motifs is 5. The summed E-state index contributed by atoms with van der Waals surface area (Å²) in [5.74, 6) is 4.26. The fourth-order valence-corrected chi connectivity index (χ4v) is 7.97. The van der Waals surface area contributed by atoms with Crippen molar-refractivity contribution >= 4 is 0 Å². The second kappa shape index (κ2) is 12.1.